The van der Waals surface area contributed by atoms with E-state index in [1.54, 1.807) is 0 Å². The monoisotopic (exact) mass is 388 g/mol. The highest BCUT2D eigenvalue weighted by Gasteiger charge is 2.06. The van der Waals surface area contributed by atoms with E-state index in [2.05, 4.69) is 22.6 Å². The van der Waals surface area contributed by atoms with Crippen LogP contribution in [0, 0.1) is 0 Å². The van der Waals surface area contributed by atoms with Crippen molar-refractivity contribution >= 4 is 32.2 Å². The summed E-state index contributed by atoms with van der Waals surface area (Å²) in [4.78, 5) is 21.0. The average Bonchev–Trinajstić information content (AvgIpc) is 2.41. The third-order valence-electron chi connectivity index (χ3n) is 1.88. The van der Waals surface area contributed by atoms with Gasteiger partial charge >= 0.3 is 11.9 Å². The Labute approximate surface area is 140 Å². The van der Waals surface area contributed by atoms with Gasteiger partial charge in [0.05, 0.1) is 12.4 Å². The maximum absolute atomic E-state index is 10.7. The Kier molecular flexibility index (Phi) is 12.0. The van der Waals surface area contributed by atoms with Gasteiger partial charge in [-0.1, -0.05) is 13.2 Å². The van der Waals surface area contributed by atoms with Crippen LogP contribution in [0.5, 0.6) is 0 Å². The van der Waals surface area contributed by atoms with E-state index >= 15 is 0 Å². The first kappa shape index (κ1) is 24.5. The highest BCUT2D eigenvalue weighted by Crippen LogP contribution is 1.95. The van der Waals surface area contributed by atoms with Crippen molar-refractivity contribution in [1.29, 1.82) is 0 Å². The standard InChI is InChI=1S/C7H12O5S.C5H8O5S/c1-6(2)7(8)12-4-3-5-13(9,10)11;1-2-5(6)10-3-4-11(7,8)9/h1,3-5H2,2H3,(H,9,10,11);2H,1,3-4H2,(H,7,8,9). The molecule has 10 nitrogen and oxygen atoms in total. The minimum Gasteiger partial charge on any atom is -0.462 e. The van der Waals surface area contributed by atoms with E-state index in [9.17, 15) is 26.4 Å². The quantitative estimate of drug-likeness (QED) is 0.238. The van der Waals surface area contributed by atoms with Gasteiger partial charge in [-0.25, -0.2) is 9.59 Å². The molecule has 0 aromatic carbocycles. The van der Waals surface area contributed by atoms with Crippen molar-refractivity contribution in [2.75, 3.05) is 24.7 Å². The van der Waals surface area contributed by atoms with Gasteiger partial charge in [-0.3, -0.25) is 9.11 Å². The second kappa shape index (κ2) is 11.7. The number of hydrogen-bond donors (Lipinski definition) is 2. The molecule has 0 saturated carbocycles. The van der Waals surface area contributed by atoms with E-state index in [1.165, 1.54) is 6.92 Å². The van der Waals surface area contributed by atoms with Crippen molar-refractivity contribution in [3.8, 4) is 0 Å². The Morgan fingerprint density at radius 1 is 1.00 bits per heavy atom. The van der Waals surface area contributed by atoms with Crippen LogP contribution in [0.2, 0.25) is 0 Å². The summed E-state index contributed by atoms with van der Waals surface area (Å²) in [6, 6.07) is 0. The van der Waals surface area contributed by atoms with Crippen LogP contribution in [0.25, 0.3) is 0 Å². The lowest BCUT2D eigenvalue weighted by atomic mass is 10.4. The van der Waals surface area contributed by atoms with Gasteiger partial charge < -0.3 is 9.47 Å². The zero-order valence-electron chi connectivity index (χ0n) is 13.0. The van der Waals surface area contributed by atoms with Crippen molar-refractivity contribution in [1.82, 2.24) is 0 Å². The second-order valence-corrected chi connectivity index (χ2v) is 7.36. The van der Waals surface area contributed by atoms with Gasteiger partial charge in [0.2, 0.25) is 0 Å². The molecule has 0 unspecified atom stereocenters. The number of rotatable bonds is 9. The molecular formula is C12H20O10S2. The van der Waals surface area contributed by atoms with Gasteiger partial charge in [0.25, 0.3) is 20.2 Å². The predicted molar refractivity (Wildman–Crippen MR) is 84.4 cm³/mol. The molecule has 0 aromatic heterocycles. The van der Waals surface area contributed by atoms with Gasteiger partial charge in [-0.2, -0.15) is 16.8 Å². The minimum atomic E-state index is -4.04. The first-order chi connectivity index (χ1) is 10.8. The van der Waals surface area contributed by atoms with Crippen molar-refractivity contribution < 1.29 is 45.0 Å². The summed E-state index contributed by atoms with van der Waals surface area (Å²) in [7, 11) is -8.00. The first-order valence-corrected chi connectivity index (χ1v) is 9.52. The van der Waals surface area contributed by atoms with Gasteiger partial charge in [0.15, 0.2) is 0 Å². The molecule has 0 spiro atoms. The fraction of sp³-hybridized carbons (Fsp3) is 0.500. The van der Waals surface area contributed by atoms with E-state index in [-0.39, 0.29) is 25.2 Å². The molecule has 0 amide bonds. The molecule has 0 bridgehead atoms. The number of carbonyl (C=O) groups is 2. The van der Waals surface area contributed by atoms with Gasteiger partial charge in [0.1, 0.15) is 12.4 Å². The molecule has 0 heterocycles. The number of ether oxygens (including phenoxy) is 2. The minimum absolute atomic E-state index is 0.0362. The molecule has 0 aliphatic carbocycles. The smallest absolute Gasteiger partial charge is 0.333 e. The summed E-state index contributed by atoms with van der Waals surface area (Å²) in [5.74, 6) is -2.27. The van der Waals surface area contributed by atoms with Crippen LogP contribution in [-0.4, -0.2) is 62.6 Å². The van der Waals surface area contributed by atoms with Crippen molar-refractivity contribution in [2.24, 2.45) is 0 Å². The molecule has 0 radical (unpaired) electrons. The highest BCUT2D eigenvalue weighted by molar-refractivity contribution is 7.86. The third-order valence-corrected chi connectivity index (χ3v) is 3.37. The first-order valence-electron chi connectivity index (χ1n) is 6.30. The zero-order chi connectivity index (χ0) is 19.4. The molecule has 24 heavy (non-hydrogen) atoms. The van der Waals surface area contributed by atoms with E-state index in [0.717, 1.165) is 6.08 Å². The Balaban J connectivity index is 0. The molecule has 0 atom stereocenters. The summed E-state index contributed by atoms with van der Waals surface area (Å²) in [6.07, 6.45) is 0.988. The van der Waals surface area contributed by atoms with Crippen molar-refractivity contribution in [3.63, 3.8) is 0 Å². The van der Waals surface area contributed by atoms with E-state index in [1.807, 2.05) is 0 Å². The Morgan fingerprint density at radius 3 is 1.88 bits per heavy atom. The SMILES string of the molecule is C=C(C)C(=O)OCCCS(=O)(=O)O.C=CC(=O)OCCS(=O)(=O)O. The molecule has 0 aliphatic heterocycles. The number of esters is 2. The summed E-state index contributed by atoms with van der Waals surface area (Å²) >= 11 is 0. The van der Waals surface area contributed by atoms with Crippen LogP contribution in [0.1, 0.15) is 13.3 Å². The molecule has 12 heteroatoms. The summed E-state index contributed by atoms with van der Waals surface area (Å²) in [6.45, 7) is 7.53. The van der Waals surface area contributed by atoms with E-state index < -0.39 is 43.7 Å². The lowest BCUT2D eigenvalue weighted by molar-refractivity contribution is -0.139. The van der Waals surface area contributed by atoms with E-state index in [4.69, 9.17) is 9.11 Å². The van der Waals surface area contributed by atoms with Crippen LogP contribution >= 0.6 is 0 Å². The van der Waals surface area contributed by atoms with Crippen LogP contribution in [0.15, 0.2) is 24.8 Å². The molecule has 0 rings (SSSR count). The molecule has 0 saturated heterocycles. The molecule has 0 fully saturated rings. The lowest BCUT2D eigenvalue weighted by Crippen LogP contribution is -2.13. The van der Waals surface area contributed by atoms with Crippen LogP contribution < -0.4 is 0 Å². The molecule has 140 valence electrons. The summed E-state index contributed by atoms with van der Waals surface area (Å²) in [5.41, 5.74) is 0.256. The topological polar surface area (TPSA) is 161 Å². The number of carbonyl (C=O) groups excluding carboxylic acids is 2. The van der Waals surface area contributed by atoms with Crippen LogP contribution in [0.4, 0.5) is 0 Å². The summed E-state index contributed by atoms with van der Waals surface area (Å²) < 4.78 is 65.8. The van der Waals surface area contributed by atoms with Crippen molar-refractivity contribution in [3.05, 3.63) is 24.8 Å². The Bertz CT molecular complexity index is 645. The maximum atomic E-state index is 10.7. The molecule has 0 aliphatic rings. The predicted octanol–water partition coefficient (Wildman–Crippen LogP) is -0.0130. The highest BCUT2D eigenvalue weighted by atomic mass is 32.2. The maximum Gasteiger partial charge on any atom is 0.333 e. The van der Waals surface area contributed by atoms with Gasteiger partial charge in [-0.15, -0.1) is 0 Å². The second-order valence-electron chi connectivity index (χ2n) is 4.21. The largest absolute Gasteiger partial charge is 0.462 e. The van der Waals surface area contributed by atoms with Crippen LogP contribution in [-0.2, 0) is 39.3 Å². The molecular weight excluding hydrogens is 368 g/mol. The zero-order valence-corrected chi connectivity index (χ0v) is 14.6. The summed E-state index contributed by atoms with van der Waals surface area (Å²) in [5, 5.41) is 0. The Morgan fingerprint density at radius 2 is 1.50 bits per heavy atom. The molecule has 0 aromatic rings. The normalized spacial score (nSPS) is 10.8. The van der Waals surface area contributed by atoms with Crippen LogP contribution in [0.3, 0.4) is 0 Å². The average molecular weight is 388 g/mol. The third kappa shape index (κ3) is 20.2. The van der Waals surface area contributed by atoms with Crippen molar-refractivity contribution in [2.45, 2.75) is 13.3 Å². The molecule has 2 N–H and O–H groups in total. The lowest BCUT2D eigenvalue weighted by Gasteiger charge is -2.02. The fourth-order valence-electron chi connectivity index (χ4n) is 0.836. The Hall–Kier alpha value is -1.76. The van der Waals surface area contributed by atoms with Gasteiger partial charge in [0, 0.05) is 11.6 Å². The van der Waals surface area contributed by atoms with E-state index in [0.29, 0.717) is 0 Å². The van der Waals surface area contributed by atoms with Gasteiger partial charge in [-0.05, 0) is 13.3 Å². The fourth-order valence-corrected chi connectivity index (χ4v) is 1.61. The number of hydrogen-bond acceptors (Lipinski definition) is 8.